The zero-order valence-corrected chi connectivity index (χ0v) is 12.5. The van der Waals surface area contributed by atoms with Crippen LogP contribution in [0.2, 0.25) is 0 Å². The lowest BCUT2D eigenvalue weighted by Gasteiger charge is -2.35. The molecule has 106 valence electrons. The van der Waals surface area contributed by atoms with E-state index in [4.69, 9.17) is 4.74 Å². The second-order valence-electron chi connectivity index (χ2n) is 5.08. The minimum absolute atomic E-state index is 0.0918. The summed E-state index contributed by atoms with van der Waals surface area (Å²) in [5.74, 6) is -0.0918. The van der Waals surface area contributed by atoms with Gasteiger partial charge in [0, 0.05) is 17.5 Å². The van der Waals surface area contributed by atoms with E-state index in [2.05, 4.69) is 16.8 Å². The van der Waals surface area contributed by atoms with Gasteiger partial charge in [0.1, 0.15) is 0 Å². The maximum atomic E-state index is 11.5. The van der Waals surface area contributed by atoms with Gasteiger partial charge >= 0.3 is 5.97 Å². The van der Waals surface area contributed by atoms with Crippen LogP contribution >= 0.6 is 11.3 Å². The normalized spacial score (nSPS) is 20.4. The smallest absolute Gasteiger partial charge is 0.307 e. The first-order valence-corrected chi connectivity index (χ1v) is 7.78. The fourth-order valence-electron chi connectivity index (χ4n) is 2.67. The summed E-state index contributed by atoms with van der Waals surface area (Å²) < 4.78 is 4.80. The molecule has 2 rings (SSSR count). The number of thiazole rings is 1. The molecule has 2 heterocycles. The van der Waals surface area contributed by atoms with Crippen LogP contribution in [0.1, 0.15) is 36.3 Å². The van der Waals surface area contributed by atoms with E-state index < -0.39 is 0 Å². The summed E-state index contributed by atoms with van der Waals surface area (Å²) in [5.41, 5.74) is 3.05. The van der Waals surface area contributed by atoms with Crippen molar-refractivity contribution in [1.82, 2.24) is 9.88 Å². The van der Waals surface area contributed by atoms with Crippen molar-refractivity contribution in [2.75, 3.05) is 20.2 Å². The Balaban J connectivity index is 1.88. The minimum atomic E-state index is -0.0918. The van der Waals surface area contributed by atoms with E-state index in [0.717, 1.165) is 31.6 Å². The average molecular weight is 282 g/mol. The highest BCUT2D eigenvalue weighted by Gasteiger charge is 2.24. The van der Waals surface area contributed by atoms with Crippen molar-refractivity contribution in [2.24, 2.45) is 0 Å². The number of rotatable bonds is 5. The number of nitrogens with zero attached hydrogens (tertiary/aromatic N) is 2. The Morgan fingerprint density at radius 3 is 3.11 bits per heavy atom. The van der Waals surface area contributed by atoms with Crippen molar-refractivity contribution in [2.45, 2.75) is 45.1 Å². The van der Waals surface area contributed by atoms with Gasteiger partial charge in [0.2, 0.25) is 0 Å². The van der Waals surface area contributed by atoms with Crippen molar-refractivity contribution >= 4 is 17.3 Å². The number of carbonyl (C=O) groups excluding carboxylic acids is 1. The first-order valence-electron chi connectivity index (χ1n) is 6.90. The van der Waals surface area contributed by atoms with Crippen molar-refractivity contribution in [3.63, 3.8) is 0 Å². The first-order chi connectivity index (χ1) is 9.20. The molecule has 1 aliphatic rings. The maximum absolute atomic E-state index is 11.5. The standard InChI is InChI=1S/C14H22N2O2S/c1-11-13(19-10-15-11)6-8-16-7-4-3-5-12(16)9-14(17)18-2/h10,12H,3-9H2,1-2H3. The molecule has 0 aliphatic carbocycles. The summed E-state index contributed by atoms with van der Waals surface area (Å²) in [6.45, 7) is 4.18. The van der Waals surface area contributed by atoms with Crippen LogP contribution in [0.3, 0.4) is 0 Å². The molecule has 0 N–H and O–H groups in total. The molecule has 1 saturated heterocycles. The molecule has 1 unspecified atom stereocenters. The van der Waals surface area contributed by atoms with Crippen molar-refractivity contribution < 1.29 is 9.53 Å². The molecule has 19 heavy (non-hydrogen) atoms. The number of methoxy groups -OCH3 is 1. The second-order valence-corrected chi connectivity index (χ2v) is 6.02. The highest BCUT2D eigenvalue weighted by atomic mass is 32.1. The van der Waals surface area contributed by atoms with E-state index in [1.165, 1.54) is 24.8 Å². The first kappa shape index (κ1) is 14.5. The van der Waals surface area contributed by atoms with Gasteiger partial charge in [-0.25, -0.2) is 4.98 Å². The predicted octanol–water partition coefficient (Wildman–Crippen LogP) is 2.41. The average Bonchev–Trinajstić information content (AvgIpc) is 2.83. The number of aryl methyl sites for hydroxylation is 1. The van der Waals surface area contributed by atoms with Crippen LogP contribution in [-0.4, -0.2) is 42.1 Å². The summed E-state index contributed by atoms with van der Waals surface area (Å²) in [6, 6.07) is 0.356. The van der Waals surface area contributed by atoms with Crippen LogP contribution in [0.15, 0.2) is 5.51 Å². The molecule has 5 heteroatoms. The molecule has 0 spiro atoms. The summed E-state index contributed by atoms with van der Waals surface area (Å²) in [7, 11) is 1.47. The van der Waals surface area contributed by atoms with Gasteiger partial charge in [0.15, 0.2) is 0 Å². The van der Waals surface area contributed by atoms with Crippen LogP contribution in [-0.2, 0) is 16.0 Å². The molecule has 1 atom stereocenters. The van der Waals surface area contributed by atoms with E-state index in [1.807, 2.05) is 5.51 Å². The summed E-state index contributed by atoms with van der Waals surface area (Å²) in [5, 5.41) is 0. The molecular weight excluding hydrogens is 260 g/mol. The summed E-state index contributed by atoms with van der Waals surface area (Å²) in [4.78, 5) is 19.6. The van der Waals surface area contributed by atoms with E-state index in [1.54, 1.807) is 11.3 Å². The van der Waals surface area contributed by atoms with Gasteiger partial charge in [-0.1, -0.05) is 6.42 Å². The SMILES string of the molecule is COC(=O)CC1CCCCN1CCc1scnc1C. The summed E-state index contributed by atoms with van der Waals surface area (Å²) in [6.07, 6.45) is 5.13. The van der Waals surface area contributed by atoms with E-state index in [0.29, 0.717) is 12.5 Å². The van der Waals surface area contributed by atoms with E-state index in [9.17, 15) is 4.79 Å². The van der Waals surface area contributed by atoms with Gasteiger partial charge in [-0.05, 0) is 32.7 Å². The van der Waals surface area contributed by atoms with Crippen LogP contribution < -0.4 is 0 Å². The van der Waals surface area contributed by atoms with Crippen molar-refractivity contribution in [3.05, 3.63) is 16.1 Å². The quantitative estimate of drug-likeness (QED) is 0.778. The minimum Gasteiger partial charge on any atom is -0.469 e. The van der Waals surface area contributed by atoms with E-state index in [-0.39, 0.29) is 5.97 Å². The fraction of sp³-hybridized carbons (Fsp3) is 0.714. The Kier molecular flexibility index (Phi) is 5.34. The number of likely N-dealkylation sites (tertiary alicyclic amines) is 1. The third-order valence-electron chi connectivity index (χ3n) is 3.85. The second kappa shape index (κ2) is 7.01. The van der Waals surface area contributed by atoms with Crippen LogP contribution in [0, 0.1) is 6.92 Å². The number of piperidine rings is 1. The van der Waals surface area contributed by atoms with Gasteiger partial charge in [-0.2, -0.15) is 0 Å². The highest BCUT2D eigenvalue weighted by molar-refractivity contribution is 7.09. The van der Waals surface area contributed by atoms with Crippen LogP contribution in [0.25, 0.3) is 0 Å². The lowest BCUT2D eigenvalue weighted by Crippen LogP contribution is -2.42. The van der Waals surface area contributed by atoms with Crippen LogP contribution in [0.5, 0.6) is 0 Å². The Hall–Kier alpha value is -0.940. The van der Waals surface area contributed by atoms with Crippen molar-refractivity contribution in [1.29, 1.82) is 0 Å². The van der Waals surface area contributed by atoms with E-state index >= 15 is 0 Å². The third-order valence-corrected chi connectivity index (χ3v) is 4.84. The molecule has 0 saturated carbocycles. The Bertz CT molecular complexity index is 419. The highest BCUT2D eigenvalue weighted by Crippen LogP contribution is 2.21. The fourth-order valence-corrected chi connectivity index (χ4v) is 3.44. The third kappa shape index (κ3) is 4.01. The van der Waals surface area contributed by atoms with Crippen molar-refractivity contribution in [3.8, 4) is 0 Å². The number of hydrogen-bond donors (Lipinski definition) is 0. The zero-order valence-electron chi connectivity index (χ0n) is 11.7. The molecular formula is C14H22N2O2S. The number of ether oxygens (including phenoxy) is 1. The molecule has 1 aromatic heterocycles. The Morgan fingerprint density at radius 2 is 2.42 bits per heavy atom. The van der Waals surface area contributed by atoms with Gasteiger partial charge in [0.25, 0.3) is 0 Å². The largest absolute Gasteiger partial charge is 0.469 e. The number of carbonyl (C=O) groups is 1. The summed E-state index contributed by atoms with van der Waals surface area (Å²) >= 11 is 1.73. The molecule has 0 aromatic carbocycles. The van der Waals surface area contributed by atoms with Gasteiger partial charge < -0.3 is 4.74 Å². The van der Waals surface area contributed by atoms with Gasteiger partial charge in [0.05, 0.1) is 24.7 Å². The Labute approximate surface area is 118 Å². The molecule has 0 bridgehead atoms. The van der Waals surface area contributed by atoms with Gasteiger partial charge in [-0.3, -0.25) is 9.69 Å². The predicted molar refractivity (Wildman–Crippen MR) is 76.4 cm³/mol. The lowest BCUT2D eigenvalue weighted by atomic mass is 9.99. The number of aromatic nitrogens is 1. The molecule has 1 aromatic rings. The molecule has 4 nitrogen and oxygen atoms in total. The monoisotopic (exact) mass is 282 g/mol. The molecule has 0 amide bonds. The van der Waals surface area contributed by atoms with Gasteiger partial charge in [-0.15, -0.1) is 11.3 Å². The molecule has 1 fully saturated rings. The maximum Gasteiger partial charge on any atom is 0.307 e. The molecule has 0 radical (unpaired) electrons. The number of hydrogen-bond acceptors (Lipinski definition) is 5. The van der Waals surface area contributed by atoms with Crippen LogP contribution in [0.4, 0.5) is 0 Å². The lowest BCUT2D eigenvalue weighted by molar-refractivity contribution is -0.142. The molecule has 1 aliphatic heterocycles. The number of esters is 1. The topological polar surface area (TPSA) is 42.4 Å². The zero-order chi connectivity index (χ0) is 13.7. The Morgan fingerprint density at radius 1 is 1.58 bits per heavy atom.